The molecule has 44 heavy (non-hydrogen) atoms. The second-order valence-corrected chi connectivity index (χ2v) is 13.3. The molecule has 0 atom stereocenters. The Morgan fingerprint density at radius 1 is 0.932 bits per heavy atom. The lowest BCUT2D eigenvalue weighted by atomic mass is 9.48. The molecule has 224 valence electrons. The molecule has 3 aromatic rings. The first-order valence-electron chi connectivity index (χ1n) is 15.7. The molecule has 1 heterocycles. The lowest BCUT2D eigenvalue weighted by molar-refractivity contribution is -0.122. The van der Waals surface area contributed by atoms with Crippen LogP contribution in [0.3, 0.4) is 0 Å². The van der Waals surface area contributed by atoms with Crippen LogP contribution in [0.4, 0.5) is 10.5 Å². The summed E-state index contributed by atoms with van der Waals surface area (Å²) in [5, 5.41) is 2.36. The highest BCUT2D eigenvalue weighted by atomic mass is 16.5. The van der Waals surface area contributed by atoms with Crippen LogP contribution in [0.1, 0.15) is 66.3 Å². The highest BCUT2D eigenvalue weighted by molar-refractivity contribution is 6.39. The van der Waals surface area contributed by atoms with E-state index in [9.17, 15) is 14.4 Å². The molecule has 8 rings (SSSR count). The molecule has 0 unspecified atom stereocenters. The summed E-state index contributed by atoms with van der Waals surface area (Å²) in [5.41, 5.74) is 5.70. The van der Waals surface area contributed by atoms with Crippen molar-refractivity contribution in [1.29, 1.82) is 0 Å². The van der Waals surface area contributed by atoms with Crippen LogP contribution < -0.4 is 15.0 Å². The normalized spacial score (nSPS) is 26.7. The van der Waals surface area contributed by atoms with Crippen molar-refractivity contribution in [2.75, 3.05) is 4.90 Å². The number of barbiturate groups is 1. The predicted molar refractivity (Wildman–Crippen MR) is 171 cm³/mol. The lowest BCUT2D eigenvalue weighted by Gasteiger charge is -2.57. The lowest BCUT2D eigenvalue weighted by Crippen LogP contribution is -2.54. The largest absolute Gasteiger partial charge is 0.489 e. The van der Waals surface area contributed by atoms with E-state index in [4.69, 9.17) is 4.74 Å². The minimum atomic E-state index is -0.730. The minimum absolute atomic E-state index is 0.0901. The Morgan fingerprint density at radius 2 is 1.64 bits per heavy atom. The molecule has 6 nitrogen and oxygen atoms in total. The standard InChI is InChI=1S/C38H38N2O4/c1-3-5-30-18-25(8-13-34(30)44-23-26-7-4-6-24(2)14-26)19-33-35(41)39-37(43)40(36(33)42)32-11-9-31(10-12-32)38-20-27-15-28(21-38)17-29(16-27)22-38/h3-4,6-14,18-19,27-29H,1,5,15-17,20-23H2,2H3,(H,39,41,43)/b33-19+. The summed E-state index contributed by atoms with van der Waals surface area (Å²) in [6.45, 7) is 6.34. The van der Waals surface area contributed by atoms with E-state index in [1.54, 1.807) is 6.08 Å². The quantitative estimate of drug-likeness (QED) is 0.169. The van der Waals surface area contributed by atoms with Gasteiger partial charge in [-0.3, -0.25) is 14.9 Å². The number of nitrogens with zero attached hydrogens (tertiary/aromatic N) is 1. The highest BCUT2D eigenvalue weighted by Gasteiger charge is 2.51. The van der Waals surface area contributed by atoms with Gasteiger partial charge >= 0.3 is 6.03 Å². The van der Waals surface area contributed by atoms with Gasteiger partial charge in [-0.2, -0.15) is 0 Å². The van der Waals surface area contributed by atoms with Crippen LogP contribution in [0, 0.1) is 24.7 Å². The van der Waals surface area contributed by atoms with Gasteiger partial charge in [0, 0.05) is 0 Å². The summed E-state index contributed by atoms with van der Waals surface area (Å²) in [4.78, 5) is 40.5. The summed E-state index contributed by atoms with van der Waals surface area (Å²) in [5.74, 6) is 1.86. The first-order valence-corrected chi connectivity index (χ1v) is 15.7. The van der Waals surface area contributed by atoms with Crippen molar-refractivity contribution in [3.63, 3.8) is 0 Å². The van der Waals surface area contributed by atoms with E-state index in [2.05, 4.69) is 30.1 Å². The van der Waals surface area contributed by atoms with Crippen LogP contribution >= 0.6 is 0 Å². The zero-order chi connectivity index (χ0) is 30.4. The fraction of sp³-hybridized carbons (Fsp3) is 0.342. The summed E-state index contributed by atoms with van der Waals surface area (Å²) in [6.07, 6.45) is 11.7. The fourth-order valence-electron chi connectivity index (χ4n) is 8.59. The number of aryl methyl sites for hydroxylation is 1. The number of ether oxygens (including phenoxy) is 1. The molecular formula is C38H38N2O4. The molecule has 6 heteroatoms. The first-order chi connectivity index (χ1) is 21.3. The molecule has 0 spiro atoms. The summed E-state index contributed by atoms with van der Waals surface area (Å²) in [7, 11) is 0. The number of rotatable bonds is 8. The van der Waals surface area contributed by atoms with Gasteiger partial charge in [0.25, 0.3) is 11.8 Å². The Balaban J connectivity index is 1.12. The molecule has 1 N–H and O–H groups in total. The van der Waals surface area contributed by atoms with Gasteiger partial charge in [-0.05, 0) is 128 Å². The zero-order valence-corrected chi connectivity index (χ0v) is 25.2. The van der Waals surface area contributed by atoms with E-state index in [1.807, 2.05) is 55.5 Å². The molecule has 1 saturated heterocycles. The number of carbonyl (C=O) groups excluding carboxylic acids is 3. The maximum absolute atomic E-state index is 13.7. The third kappa shape index (κ3) is 5.27. The topological polar surface area (TPSA) is 75.7 Å². The minimum Gasteiger partial charge on any atom is -0.489 e. The van der Waals surface area contributed by atoms with Crippen LogP contribution in [-0.4, -0.2) is 17.8 Å². The average molecular weight is 587 g/mol. The molecule has 5 fully saturated rings. The maximum atomic E-state index is 13.7. The van der Waals surface area contributed by atoms with Gasteiger partial charge < -0.3 is 4.74 Å². The van der Waals surface area contributed by atoms with E-state index in [-0.39, 0.29) is 11.0 Å². The Hall–Kier alpha value is -4.45. The van der Waals surface area contributed by atoms with Crippen molar-refractivity contribution in [2.24, 2.45) is 17.8 Å². The van der Waals surface area contributed by atoms with Crippen molar-refractivity contribution in [3.05, 3.63) is 113 Å². The van der Waals surface area contributed by atoms with Crippen LogP contribution in [-0.2, 0) is 28.0 Å². The molecule has 4 bridgehead atoms. The van der Waals surface area contributed by atoms with Gasteiger partial charge in [0.05, 0.1) is 5.69 Å². The highest BCUT2D eigenvalue weighted by Crippen LogP contribution is 2.60. The number of imide groups is 2. The van der Waals surface area contributed by atoms with E-state index in [0.717, 1.165) is 33.8 Å². The van der Waals surface area contributed by atoms with E-state index in [0.29, 0.717) is 30.0 Å². The third-order valence-electron chi connectivity index (χ3n) is 10.1. The zero-order valence-electron chi connectivity index (χ0n) is 25.2. The summed E-state index contributed by atoms with van der Waals surface area (Å²) >= 11 is 0. The van der Waals surface area contributed by atoms with Crippen LogP contribution in [0.15, 0.2) is 85.0 Å². The molecule has 4 amide bonds. The molecule has 4 aliphatic carbocycles. The maximum Gasteiger partial charge on any atom is 0.335 e. The number of nitrogens with one attached hydrogen (secondary N) is 1. The molecular weight excluding hydrogens is 548 g/mol. The molecule has 5 aliphatic rings. The molecule has 1 aliphatic heterocycles. The fourth-order valence-corrected chi connectivity index (χ4v) is 8.59. The van der Waals surface area contributed by atoms with E-state index < -0.39 is 17.8 Å². The molecule has 3 aromatic carbocycles. The van der Waals surface area contributed by atoms with Crippen molar-refractivity contribution >= 4 is 29.6 Å². The number of amides is 4. The predicted octanol–water partition coefficient (Wildman–Crippen LogP) is 7.44. The number of carbonyl (C=O) groups is 3. The van der Waals surface area contributed by atoms with Gasteiger partial charge in [-0.1, -0.05) is 54.1 Å². The van der Waals surface area contributed by atoms with E-state index >= 15 is 0 Å². The number of anilines is 1. The van der Waals surface area contributed by atoms with E-state index in [1.165, 1.54) is 55.7 Å². The number of hydrogen-bond acceptors (Lipinski definition) is 4. The Bertz CT molecular complexity index is 1650. The van der Waals surface area contributed by atoms with Gasteiger partial charge in [0.1, 0.15) is 17.9 Å². The Kier molecular flexibility index (Phi) is 7.23. The second-order valence-electron chi connectivity index (χ2n) is 13.3. The monoisotopic (exact) mass is 586 g/mol. The van der Waals surface area contributed by atoms with Crippen LogP contribution in [0.2, 0.25) is 0 Å². The van der Waals surface area contributed by atoms with Crippen molar-refractivity contribution in [3.8, 4) is 5.75 Å². The van der Waals surface area contributed by atoms with Crippen LogP contribution in [0.25, 0.3) is 6.08 Å². The van der Waals surface area contributed by atoms with Crippen molar-refractivity contribution < 1.29 is 19.1 Å². The van der Waals surface area contributed by atoms with Gasteiger partial charge in [-0.15, -0.1) is 6.58 Å². The Labute approximate surface area is 258 Å². The smallest absolute Gasteiger partial charge is 0.335 e. The van der Waals surface area contributed by atoms with Crippen LogP contribution in [0.5, 0.6) is 5.75 Å². The number of allylic oxidation sites excluding steroid dienone is 1. The number of hydrogen-bond donors (Lipinski definition) is 1. The SMILES string of the molecule is C=CCc1cc(/C=C2\C(=O)NC(=O)N(c3ccc(C45CC6CC(CC(C6)C4)C5)cc3)C2=O)ccc1OCc1cccc(C)c1. The third-order valence-corrected chi connectivity index (χ3v) is 10.1. The molecule has 0 aromatic heterocycles. The van der Waals surface area contributed by atoms with Gasteiger partial charge in [0.15, 0.2) is 0 Å². The first kappa shape index (κ1) is 28.3. The average Bonchev–Trinajstić information content (AvgIpc) is 2.99. The van der Waals surface area contributed by atoms with Gasteiger partial charge in [-0.25, -0.2) is 9.69 Å². The second kappa shape index (κ2) is 11.2. The summed E-state index contributed by atoms with van der Waals surface area (Å²) < 4.78 is 6.13. The van der Waals surface area contributed by atoms with Gasteiger partial charge in [0.2, 0.25) is 0 Å². The summed E-state index contributed by atoms with van der Waals surface area (Å²) in [6, 6.07) is 20.9. The van der Waals surface area contributed by atoms with Crippen molar-refractivity contribution in [2.45, 2.75) is 63.9 Å². The Morgan fingerprint density at radius 3 is 2.30 bits per heavy atom. The van der Waals surface area contributed by atoms with Crippen molar-refractivity contribution in [1.82, 2.24) is 5.32 Å². The number of benzene rings is 3. The number of urea groups is 1. The molecule has 0 radical (unpaired) electrons. The molecule has 4 saturated carbocycles.